The van der Waals surface area contributed by atoms with Gasteiger partial charge in [0.25, 0.3) is 0 Å². The van der Waals surface area contributed by atoms with Gasteiger partial charge in [-0.3, -0.25) is 4.68 Å². The van der Waals surface area contributed by atoms with Crippen molar-refractivity contribution in [3.05, 3.63) is 23.8 Å². The molecule has 0 aromatic carbocycles. The second-order valence-corrected chi connectivity index (χ2v) is 8.88. The van der Waals surface area contributed by atoms with Crippen molar-refractivity contribution in [3.63, 3.8) is 0 Å². The number of rotatable bonds is 2. The largest absolute Gasteiger partial charge is 0.424 e. The van der Waals surface area contributed by atoms with Gasteiger partial charge < -0.3 is 9.67 Å². The SMILES string of the molecule is C[C@H]1Cn2nc(C34CCC(C#N)(C3)C4)cc2-c2cnc([C@@](C)(O)C(F)(F)F)n21. The summed E-state index contributed by atoms with van der Waals surface area (Å²) in [6, 6.07) is 4.03. The lowest BCUT2D eigenvalue weighted by Crippen LogP contribution is -2.42. The highest BCUT2D eigenvalue weighted by Crippen LogP contribution is 2.67. The minimum Gasteiger partial charge on any atom is -0.374 e. The van der Waals surface area contributed by atoms with Gasteiger partial charge in [-0.2, -0.15) is 23.5 Å². The fourth-order valence-corrected chi connectivity index (χ4v) is 5.36. The topological polar surface area (TPSA) is 79.7 Å². The molecular formula is C19H20F3N5O. The molecule has 6 nitrogen and oxygen atoms in total. The molecule has 0 unspecified atom stereocenters. The Bertz CT molecular complexity index is 1020. The van der Waals surface area contributed by atoms with Crippen LogP contribution in [0.4, 0.5) is 13.2 Å². The summed E-state index contributed by atoms with van der Waals surface area (Å²) >= 11 is 0. The maximum absolute atomic E-state index is 13.4. The van der Waals surface area contributed by atoms with Gasteiger partial charge in [0.15, 0.2) is 5.82 Å². The van der Waals surface area contributed by atoms with Gasteiger partial charge in [0, 0.05) is 5.41 Å². The normalized spacial score (nSPS) is 32.8. The van der Waals surface area contributed by atoms with Gasteiger partial charge in [-0.25, -0.2) is 4.98 Å². The first kappa shape index (κ1) is 17.7. The Balaban J connectivity index is 1.58. The summed E-state index contributed by atoms with van der Waals surface area (Å²) in [5, 5.41) is 24.3. The molecule has 0 spiro atoms. The Hall–Kier alpha value is -2.34. The third kappa shape index (κ3) is 2.01. The van der Waals surface area contributed by atoms with Crippen molar-refractivity contribution < 1.29 is 18.3 Å². The molecule has 3 saturated carbocycles. The summed E-state index contributed by atoms with van der Waals surface area (Å²) in [5.41, 5.74) is -1.20. The van der Waals surface area contributed by atoms with E-state index in [1.165, 1.54) is 10.8 Å². The summed E-state index contributed by atoms with van der Waals surface area (Å²) in [7, 11) is 0. The molecule has 3 fully saturated rings. The Morgan fingerprint density at radius 3 is 2.61 bits per heavy atom. The van der Waals surface area contributed by atoms with E-state index in [1.54, 1.807) is 6.92 Å². The first-order valence-corrected chi connectivity index (χ1v) is 9.39. The average Bonchev–Trinajstić information content (AvgIpc) is 3.32. The highest BCUT2D eigenvalue weighted by molar-refractivity contribution is 5.59. The van der Waals surface area contributed by atoms with Crippen LogP contribution < -0.4 is 0 Å². The molecule has 3 heterocycles. The number of imidazole rings is 1. The van der Waals surface area contributed by atoms with Crippen molar-refractivity contribution in [2.45, 2.75) is 69.3 Å². The molecule has 28 heavy (non-hydrogen) atoms. The molecular weight excluding hydrogens is 371 g/mol. The number of nitrogens with zero attached hydrogens (tertiary/aromatic N) is 5. The molecule has 4 aliphatic rings. The van der Waals surface area contributed by atoms with Crippen LogP contribution in [0.2, 0.25) is 0 Å². The van der Waals surface area contributed by atoms with Crippen molar-refractivity contribution in [2.24, 2.45) is 5.41 Å². The van der Waals surface area contributed by atoms with E-state index in [2.05, 4.69) is 11.1 Å². The Morgan fingerprint density at radius 2 is 2.00 bits per heavy atom. The standard InChI is InChI=1S/C19H20F3N5O/c1-11-7-26-12(5-14(25-26)18-4-3-17(8-18,9-18)10-23)13-6-24-15(27(11)13)16(2,28)19(20,21)22/h5-6,11,28H,3-4,7-9H2,1-2H3/t11-,16+,17?,18?/m0/s1. The lowest BCUT2D eigenvalue weighted by atomic mass is 9.59. The van der Waals surface area contributed by atoms with Gasteiger partial charge in [-0.05, 0) is 45.6 Å². The number of hydrogen-bond acceptors (Lipinski definition) is 4. The second-order valence-electron chi connectivity index (χ2n) is 8.88. The lowest BCUT2D eigenvalue weighted by Gasteiger charge is -2.42. The van der Waals surface area contributed by atoms with Crippen LogP contribution >= 0.6 is 0 Å². The van der Waals surface area contributed by atoms with Gasteiger partial charge in [0.1, 0.15) is 0 Å². The molecule has 6 rings (SSSR count). The van der Waals surface area contributed by atoms with Crippen LogP contribution in [-0.2, 0) is 17.6 Å². The van der Waals surface area contributed by atoms with Crippen molar-refractivity contribution in [1.29, 1.82) is 5.26 Å². The minimum atomic E-state index is -4.83. The molecule has 2 aromatic rings. The van der Waals surface area contributed by atoms with Crippen molar-refractivity contribution >= 4 is 0 Å². The third-order valence-electron chi connectivity index (χ3n) is 6.92. The van der Waals surface area contributed by atoms with E-state index in [9.17, 15) is 23.5 Å². The zero-order valence-corrected chi connectivity index (χ0v) is 15.6. The van der Waals surface area contributed by atoms with Crippen LogP contribution in [0.1, 0.15) is 57.1 Å². The van der Waals surface area contributed by atoms with E-state index in [0.29, 0.717) is 17.9 Å². The van der Waals surface area contributed by atoms with E-state index in [0.717, 1.165) is 38.3 Å². The van der Waals surface area contributed by atoms with Crippen LogP contribution in [0.3, 0.4) is 0 Å². The number of hydrogen-bond donors (Lipinski definition) is 1. The van der Waals surface area contributed by atoms with E-state index >= 15 is 0 Å². The molecule has 1 N–H and O–H groups in total. The third-order valence-corrected chi connectivity index (χ3v) is 6.92. The van der Waals surface area contributed by atoms with Crippen LogP contribution in [0.25, 0.3) is 11.4 Å². The predicted octanol–water partition coefficient (Wildman–Crippen LogP) is 3.43. The molecule has 148 valence electrons. The van der Waals surface area contributed by atoms with Crippen molar-refractivity contribution in [2.75, 3.05) is 0 Å². The smallest absolute Gasteiger partial charge is 0.374 e. The maximum atomic E-state index is 13.4. The number of aromatic nitrogens is 4. The summed E-state index contributed by atoms with van der Waals surface area (Å²) in [6.45, 7) is 2.93. The average molecular weight is 391 g/mol. The fraction of sp³-hybridized carbons (Fsp3) is 0.632. The van der Waals surface area contributed by atoms with Crippen LogP contribution in [-0.4, -0.2) is 30.6 Å². The second kappa shape index (κ2) is 4.98. The molecule has 9 heteroatoms. The van der Waals surface area contributed by atoms with Crippen LogP contribution in [0, 0.1) is 16.7 Å². The molecule has 0 amide bonds. The fourth-order valence-electron chi connectivity index (χ4n) is 5.36. The van der Waals surface area contributed by atoms with Gasteiger partial charge in [0.2, 0.25) is 5.60 Å². The molecule has 2 bridgehead atoms. The first-order valence-electron chi connectivity index (χ1n) is 9.39. The molecule has 3 aliphatic carbocycles. The van der Waals surface area contributed by atoms with E-state index in [1.807, 2.05) is 10.7 Å². The van der Waals surface area contributed by atoms with Crippen LogP contribution in [0.15, 0.2) is 12.3 Å². The van der Waals surface area contributed by atoms with E-state index < -0.39 is 17.6 Å². The molecule has 0 saturated heterocycles. The monoisotopic (exact) mass is 391 g/mol. The quantitative estimate of drug-likeness (QED) is 0.851. The molecule has 0 radical (unpaired) electrons. The molecule has 2 atom stereocenters. The summed E-state index contributed by atoms with van der Waals surface area (Å²) in [5.74, 6) is -0.400. The zero-order chi connectivity index (χ0) is 20.1. The Labute approximate surface area is 159 Å². The number of alkyl halides is 3. The summed E-state index contributed by atoms with van der Waals surface area (Å²) < 4.78 is 43.4. The highest BCUT2D eigenvalue weighted by atomic mass is 19.4. The molecule has 2 aromatic heterocycles. The predicted molar refractivity (Wildman–Crippen MR) is 92.0 cm³/mol. The van der Waals surface area contributed by atoms with Gasteiger partial charge in [-0.15, -0.1) is 0 Å². The lowest BCUT2D eigenvalue weighted by molar-refractivity contribution is -0.262. The Kier molecular flexibility index (Phi) is 3.15. The Morgan fingerprint density at radius 1 is 1.29 bits per heavy atom. The minimum absolute atomic E-state index is 0.0888. The van der Waals surface area contributed by atoms with E-state index in [4.69, 9.17) is 5.10 Å². The molecule has 1 aliphatic heterocycles. The van der Waals surface area contributed by atoms with Crippen molar-refractivity contribution in [3.8, 4) is 17.5 Å². The first-order chi connectivity index (χ1) is 13.0. The summed E-state index contributed by atoms with van der Waals surface area (Å²) in [6.07, 6.45) is -0.0493. The van der Waals surface area contributed by atoms with Gasteiger partial charge >= 0.3 is 6.18 Å². The number of fused-ring (bicyclic) bond motifs is 4. The van der Waals surface area contributed by atoms with E-state index in [-0.39, 0.29) is 16.9 Å². The van der Waals surface area contributed by atoms with Crippen LogP contribution in [0.5, 0.6) is 0 Å². The highest BCUT2D eigenvalue weighted by Gasteiger charge is 2.63. The summed E-state index contributed by atoms with van der Waals surface area (Å²) in [4.78, 5) is 3.95. The zero-order valence-electron chi connectivity index (χ0n) is 15.6. The number of halogens is 3. The maximum Gasteiger partial charge on any atom is 0.424 e. The number of aliphatic hydroxyl groups is 1. The van der Waals surface area contributed by atoms with Gasteiger partial charge in [0.05, 0.1) is 47.3 Å². The van der Waals surface area contributed by atoms with Crippen molar-refractivity contribution in [1.82, 2.24) is 19.3 Å². The van der Waals surface area contributed by atoms with Gasteiger partial charge in [-0.1, -0.05) is 0 Å². The number of nitriles is 1.